The average molecular weight is 194 g/mol. The number of hydrogen-bond acceptors (Lipinski definition) is 2. The molecule has 0 spiro atoms. The quantitative estimate of drug-likeness (QED) is 0.594. The SMILES string of the molecule is C.C[C@]12CCC(=O)C=C1CCCC2=O. The van der Waals surface area contributed by atoms with Crippen molar-refractivity contribution in [2.75, 3.05) is 0 Å². The van der Waals surface area contributed by atoms with Crippen molar-refractivity contribution >= 4 is 11.6 Å². The molecule has 0 aromatic carbocycles. The van der Waals surface area contributed by atoms with Crippen LogP contribution in [-0.2, 0) is 9.59 Å². The van der Waals surface area contributed by atoms with Gasteiger partial charge in [0.2, 0.25) is 0 Å². The van der Waals surface area contributed by atoms with Crippen molar-refractivity contribution in [1.29, 1.82) is 0 Å². The molecule has 78 valence electrons. The summed E-state index contributed by atoms with van der Waals surface area (Å²) in [5.74, 6) is 0.527. The summed E-state index contributed by atoms with van der Waals surface area (Å²) in [5, 5.41) is 0. The fraction of sp³-hybridized carbons (Fsp3) is 0.667. The summed E-state index contributed by atoms with van der Waals surface area (Å²) < 4.78 is 0. The number of Topliss-reactive ketones (excluding diaryl/α,β-unsaturated/α-hetero) is 1. The van der Waals surface area contributed by atoms with E-state index in [1.165, 1.54) is 0 Å². The molecule has 0 aromatic rings. The Morgan fingerprint density at radius 1 is 1.21 bits per heavy atom. The molecule has 0 radical (unpaired) electrons. The molecule has 0 heterocycles. The molecule has 1 atom stereocenters. The van der Waals surface area contributed by atoms with Crippen molar-refractivity contribution in [2.45, 2.75) is 46.5 Å². The van der Waals surface area contributed by atoms with Crippen molar-refractivity contribution in [3.05, 3.63) is 11.6 Å². The van der Waals surface area contributed by atoms with Gasteiger partial charge in [0.05, 0.1) is 0 Å². The Morgan fingerprint density at radius 2 is 1.93 bits per heavy atom. The summed E-state index contributed by atoms with van der Waals surface area (Å²) in [6.45, 7) is 1.99. The van der Waals surface area contributed by atoms with E-state index in [1.807, 2.05) is 6.92 Å². The molecule has 0 N–H and O–H groups in total. The Morgan fingerprint density at radius 3 is 2.64 bits per heavy atom. The van der Waals surface area contributed by atoms with Crippen LogP contribution in [0.2, 0.25) is 0 Å². The first-order valence-corrected chi connectivity index (χ1v) is 4.90. The van der Waals surface area contributed by atoms with Crippen LogP contribution in [0.4, 0.5) is 0 Å². The fourth-order valence-corrected chi connectivity index (χ4v) is 2.34. The normalized spacial score (nSPS) is 31.6. The van der Waals surface area contributed by atoms with E-state index in [0.717, 1.165) is 24.8 Å². The van der Waals surface area contributed by atoms with Crippen molar-refractivity contribution < 1.29 is 9.59 Å². The van der Waals surface area contributed by atoms with Gasteiger partial charge in [-0.15, -0.1) is 0 Å². The standard InChI is InChI=1S/C11H14O2.CH4/c1-11-6-5-9(12)7-8(11)3-2-4-10(11)13;/h7H,2-6H2,1H3;1H4/t11-;/m0./s1. The van der Waals surface area contributed by atoms with E-state index < -0.39 is 0 Å². The van der Waals surface area contributed by atoms with Crippen LogP contribution in [-0.4, -0.2) is 11.6 Å². The second kappa shape index (κ2) is 3.68. The predicted molar refractivity (Wildman–Crippen MR) is 56.0 cm³/mol. The summed E-state index contributed by atoms with van der Waals surface area (Å²) in [7, 11) is 0. The molecule has 2 heteroatoms. The highest BCUT2D eigenvalue weighted by atomic mass is 16.1. The Kier molecular flexibility index (Phi) is 2.93. The van der Waals surface area contributed by atoms with Crippen LogP contribution in [0.5, 0.6) is 0 Å². The number of hydrogen-bond donors (Lipinski definition) is 0. The first-order valence-electron chi connectivity index (χ1n) is 4.90. The third-order valence-electron chi connectivity index (χ3n) is 3.38. The second-order valence-corrected chi connectivity index (χ2v) is 4.24. The molecule has 0 aromatic heterocycles. The van der Waals surface area contributed by atoms with Gasteiger partial charge in [-0.2, -0.15) is 0 Å². The first-order chi connectivity index (χ1) is 6.13. The number of fused-ring (bicyclic) bond motifs is 1. The van der Waals surface area contributed by atoms with Crippen molar-refractivity contribution in [1.82, 2.24) is 0 Å². The van der Waals surface area contributed by atoms with Crippen molar-refractivity contribution in [3.63, 3.8) is 0 Å². The maximum absolute atomic E-state index is 11.7. The van der Waals surface area contributed by atoms with E-state index in [1.54, 1.807) is 6.08 Å². The van der Waals surface area contributed by atoms with E-state index in [-0.39, 0.29) is 18.6 Å². The van der Waals surface area contributed by atoms with Crippen LogP contribution in [0.15, 0.2) is 11.6 Å². The molecular formula is C12H18O2. The predicted octanol–water partition coefficient (Wildman–Crippen LogP) is 2.67. The van der Waals surface area contributed by atoms with Gasteiger partial charge in [-0.05, 0) is 32.3 Å². The maximum atomic E-state index is 11.7. The summed E-state index contributed by atoms with van der Waals surface area (Å²) in [6.07, 6.45) is 5.55. The molecule has 0 unspecified atom stereocenters. The van der Waals surface area contributed by atoms with Gasteiger partial charge >= 0.3 is 0 Å². The lowest BCUT2D eigenvalue weighted by Gasteiger charge is -2.37. The zero-order valence-corrected chi connectivity index (χ0v) is 7.93. The third kappa shape index (κ3) is 1.54. The molecule has 14 heavy (non-hydrogen) atoms. The zero-order chi connectivity index (χ0) is 9.47. The summed E-state index contributed by atoms with van der Waals surface area (Å²) in [6, 6.07) is 0. The minimum absolute atomic E-state index is 0. The number of carbonyl (C=O) groups excluding carboxylic acids is 2. The minimum atomic E-state index is -0.286. The van der Waals surface area contributed by atoms with E-state index in [2.05, 4.69) is 0 Å². The molecule has 1 saturated carbocycles. The average Bonchev–Trinajstić information content (AvgIpc) is 2.09. The van der Waals surface area contributed by atoms with E-state index in [4.69, 9.17) is 0 Å². The summed E-state index contributed by atoms with van der Waals surface area (Å²) in [5.41, 5.74) is 0.798. The number of rotatable bonds is 0. The van der Waals surface area contributed by atoms with Crippen LogP contribution in [0.1, 0.15) is 46.5 Å². The van der Waals surface area contributed by atoms with E-state index in [9.17, 15) is 9.59 Å². The lowest BCUT2D eigenvalue weighted by molar-refractivity contribution is -0.128. The number of ketones is 2. The van der Waals surface area contributed by atoms with Gasteiger partial charge in [0.25, 0.3) is 0 Å². The molecule has 0 bridgehead atoms. The lowest BCUT2D eigenvalue weighted by atomic mass is 9.65. The summed E-state index contributed by atoms with van der Waals surface area (Å²) >= 11 is 0. The Hall–Kier alpha value is -0.920. The Bertz CT molecular complexity index is 301. The molecule has 2 rings (SSSR count). The van der Waals surface area contributed by atoms with Crippen LogP contribution in [0.3, 0.4) is 0 Å². The fourth-order valence-electron chi connectivity index (χ4n) is 2.34. The van der Waals surface area contributed by atoms with Crippen LogP contribution >= 0.6 is 0 Å². The van der Waals surface area contributed by atoms with Crippen molar-refractivity contribution in [3.8, 4) is 0 Å². The monoisotopic (exact) mass is 194 g/mol. The third-order valence-corrected chi connectivity index (χ3v) is 3.38. The lowest BCUT2D eigenvalue weighted by Crippen LogP contribution is -2.36. The smallest absolute Gasteiger partial charge is 0.155 e. The van der Waals surface area contributed by atoms with Crippen LogP contribution < -0.4 is 0 Å². The molecule has 2 aliphatic rings. The summed E-state index contributed by atoms with van der Waals surface area (Å²) in [4.78, 5) is 22.9. The minimum Gasteiger partial charge on any atom is -0.299 e. The molecule has 0 aliphatic heterocycles. The van der Waals surface area contributed by atoms with Crippen LogP contribution in [0.25, 0.3) is 0 Å². The molecule has 2 aliphatic carbocycles. The number of carbonyl (C=O) groups is 2. The number of allylic oxidation sites excluding steroid dienone is 2. The molecule has 1 fully saturated rings. The largest absolute Gasteiger partial charge is 0.299 e. The van der Waals surface area contributed by atoms with Gasteiger partial charge in [0.1, 0.15) is 5.78 Å². The highest BCUT2D eigenvalue weighted by molar-refractivity contribution is 5.97. The second-order valence-electron chi connectivity index (χ2n) is 4.24. The van der Waals surface area contributed by atoms with E-state index >= 15 is 0 Å². The zero-order valence-electron chi connectivity index (χ0n) is 7.93. The Labute approximate surface area is 85.4 Å². The Balaban J connectivity index is 0.000000980. The van der Waals surface area contributed by atoms with Crippen molar-refractivity contribution in [2.24, 2.45) is 5.41 Å². The van der Waals surface area contributed by atoms with Gasteiger partial charge in [0.15, 0.2) is 5.78 Å². The van der Waals surface area contributed by atoms with Gasteiger partial charge in [-0.3, -0.25) is 9.59 Å². The van der Waals surface area contributed by atoms with E-state index in [0.29, 0.717) is 18.6 Å². The molecule has 0 amide bonds. The highest BCUT2D eigenvalue weighted by Crippen LogP contribution is 2.43. The van der Waals surface area contributed by atoms with Crippen LogP contribution in [0, 0.1) is 5.41 Å². The van der Waals surface area contributed by atoms with Gasteiger partial charge < -0.3 is 0 Å². The maximum Gasteiger partial charge on any atom is 0.155 e. The topological polar surface area (TPSA) is 34.1 Å². The molecule has 0 saturated heterocycles. The first kappa shape index (κ1) is 11.2. The molecular weight excluding hydrogens is 176 g/mol. The highest BCUT2D eigenvalue weighted by Gasteiger charge is 2.41. The van der Waals surface area contributed by atoms with Gasteiger partial charge in [-0.1, -0.05) is 13.0 Å². The van der Waals surface area contributed by atoms with Gasteiger partial charge in [0, 0.05) is 18.3 Å². The van der Waals surface area contributed by atoms with Gasteiger partial charge in [-0.25, -0.2) is 0 Å². The molecule has 2 nitrogen and oxygen atoms in total.